The molecule has 0 bridgehead atoms. The average molecular weight is 515 g/mol. The largest absolute Gasteiger partial charge is 0.468 e. The highest BCUT2D eigenvalue weighted by molar-refractivity contribution is 7.52. The molecule has 3 aromatic rings. The third-order valence-electron chi connectivity index (χ3n) is 5.83. The number of nitrogen functional groups attached to an aromatic ring is 1. The molecule has 3 N–H and O–H groups in total. The topological polar surface area (TPSA) is 143 Å². The van der Waals surface area contributed by atoms with Crippen molar-refractivity contribution in [2.24, 2.45) is 11.8 Å². The number of carbonyl (C=O) groups is 1. The molecule has 1 aliphatic carbocycles. The zero-order valence-electron chi connectivity index (χ0n) is 20.5. The van der Waals surface area contributed by atoms with Crippen molar-refractivity contribution in [1.82, 2.24) is 24.6 Å². The first-order valence-electron chi connectivity index (χ1n) is 11.7. The number of nitrogens with one attached hydrogen (secondary N) is 1. The van der Waals surface area contributed by atoms with Crippen LogP contribution in [0.2, 0.25) is 0 Å². The number of benzene rings is 1. The minimum atomic E-state index is -3.94. The van der Waals surface area contributed by atoms with Crippen molar-refractivity contribution in [3.63, 3.8) is 0 Å². The van der Waals surface area contributed by atoms with Gasteiger partial charge in [-0.1, -0.05) is 44.2 Å². The van der Waals surface area contributed by atoms with Crippen LogP contribution in [0.5, 0.6) is 5.75 Å². The number of fused-ring (bicyclic) bond motifs is 1. The van der Waals surface area contributed by atoms with Gasteiger partial charge >= 0.3 is 13.7 Å². The van der Waals surface area contributed by atoms with Gasteiger partial charge in [-0.15, -0.1) is 0 Å². The number of ether oxygens (including phenoxy) is 1. The molecule has 0 amide bonds. The van der Waals surface area contributed by atoms with Crippen LogP contribution in [0, 0.1) is 11.8 Å². The van der Waals surface area contributed by atoms with Gasteiger partial charge in [0.25, 0.3) is 0 Å². The van der Waals surface area contributed by atoms with E-state index in [9.17, 15) is 9.36 Å². The predicted octanol–water partition coefficient (Wildman–Crippen LogP) is 3.91. The molecule has 0 saturated carbocycles. The van der Waals surface area contributed by atoms with Crippen LogP contribution in [-0.4, -0.2) is 45.2 Å². The summed E-state index contributed by atoms with van der Waals surface area (Å²) in [6.45, 7) is 4.04. The van der Waals surface area contributed by atoms with Gasteiger partial charge in [0.2, 0.25) is 0 Å². The zero-order chi connectivity index (χ0) is 25.7. The van der Waals surface area contributed by atoms with Crippen molar-refractivity contribution in [2.75, 3.05) is 19.5 Å². The highest BCUT2D eigenvalue weighted by Gasteiger charge is 2.36. The van der Waals surface area contributed by atoms with E-state index in [1.165, 1.54) is 13.4 Å². The maximum Gasteiger partial charge on any atom is 0.459 e. The van der Waals surface area contributed by atoms with Gasteiger partial charge in [0, 0.05) is 5.92 Å². The van der Waals surface area contributed by atoms with E-state index in [0.29, 0.717) is 35.6 Å². The van der Waals surface area contributed by atoms with Crippen LogP contribution in [0.4, 0.5) is 5.82 Å². The Morgan fingerprint density at radius 3 is 2.72 bits per heavy atom. The lowest BCUT2D eigenvalue weighted by atomic mass is 10.1. The van der Waals surface area contributed by atoms with Gasteiger partial charge in [0.15, 0.2) is 11.5 Å². The van der Waals surface area contributed by atoms with Crippen LogP contribution < -0.4 is 15.3 Å². The number of imidazole rings is 1. The Labute approximate surface area is 209 Å². The van der Waals surface area contributed by atoms with Crippen LogP contribution in [0.15, 0.2) is 55.1 Å². The summed E-state index contributed by atoms with van der Waals surface area (Å²) in [5.74, 6) is 0.255. The highest BCUT2D eigenvalue weighted by Crippen LogP contribution is 2.46. The molecule has 2 heterocycles. The van der Waals surface area contributed by atoms with E-state index >= 15 is 0 Å². The van der Waals surface area contributed by atoms with Crippen LogP contribution in [0.3, 0.4) is 0 Å². The summed E-state index contributed by atoms with van der Waals surface area (Å²) in [4.78, 5) is 25.0. The van der Waals surface area contributed by atoms with Gasteiger partial charge < -0.3 is 19.6 Å². The summed E-state index contributed by atoms with van der Waals surface area (Å²) in [5, 5.41) is 2.82. The number of methoxy groups -OCH3 is 1. The average Bonchev–Trinajstić information content (AvgIpc) is 3.50. The Morgan fingerprint density at radius 2 is 2.00 bits per heavy atom. The van der Waals surface area contributed by atoms with Crippen molar-refractivity contribution in [1.29, 1.82) is 0 Å². The number of allylic oxidation sites excluding steroid dienone is 1. The summed E-state index contributed by atoms with van der Waals surface area (Å²) in [6.07, 6.45) is 8.20. The van der Waals surface area contributed by atoms with Gasteiger partial charge in [-0.3, -0.25) is 9.32 Å². The quantitative estimate of drug-likeness (QED) is 0.220. The molecule has 0 aliphatic heterocycles. The predicted molar refractivity (Wildman–Crippen MR) is 135 cm³/mol. The first-order chi connectivity index (χ1) is 17.3. The molecule has 1 unspecified atom stereocenters. The fourth-order valence-electron chi connectivity index (χ4n) is 4.11. The monoisotopic (exact) mass is 514 g/mol. The molecule has 36 heavy (non-hydrogen) atoms. The van der Waals surface area contributed by atoms with Gasteiger partial charge in [-0.2, -0.15) is 5.09 Å². The van der Waals surface area contributed by atoms with E-state index in [-0.39, 0.29) is 24.5 Å². The minimum absolute atomic E-state index is 0.0240. The first kappa shape index (κ1) is 25.8. The van der Waals surface area contributed by atoms with Crippen LogP contribution >= 0.6 is 7.75 Å². The second kappa shape index (κ2) is 11.2. The van der Waals surface area contributed by atoms with Crippen molar-refractivity contribution in [3.8, 4) is 5.75 Å². The minimum Gasteiger partial charge on any atom is -0.468 e. The maximum absolute atomic E-state index is 13.8. The Balaban J connectivity index is 1.47. The molecule has 0 fully saturated rings. The molecule has 1 aliphatic rings. The molecular weight excluding hydrogens is 483 g/mol. The summed E-state index contributed by atoms with van der Waals surface area (Å²) >= 11 is 0. The molecule has 4 rings (SSSR count). The molecule has 1 aromatic carbocycles. The van der Waals surface area contributed by atoms with E-state index in [1.54, 1.807) is 30.6 Å². The number of hydrogen-bond donors (Lipinski definition) is 2. The third kappa shape index (κ3) is 6.10. The van der Waals surface area contributed by atoms with E-state index in [0.717, 1.165) is 0 Å². The lowest BCUT2D eigenvalue weighted by Gasteiger charge is -2.26. The lowest BCUT2D eigenvalue weighted by Crippen LogP contribution is -2.38. The number of hydrogen-bond acceptors (Lipinski definition) is 9. The zero-order valence-corrected chi connectivity index (χ0v) is 21.4. The van der Waals surface area contributed by atoms with Crippen LogP contribution in [0.25, 0.3) is 11.2 Å². The highest BCUT2D eigenvalue weighted by atomic mass is 31.2. The summed E-state index contributed by atoms with van der Waals surface area (Å²) < 4.78 is 32.4. The maximum atomic E-state index is 13.8. The fraction of sp³-hybridized carbons (Fsp3) is 0.417. The second-order valence-electron chi connectivity index (χ2n) is 9.06. The molecule has 4 atom stereocenters. The molecule has 0 radical (unpaired) electrons. The standard InChI is InChI=1S/C24H31N6O5P/c1-16(2)11-20(24(31)33-3)29-36(32,35-19-7-5-4-6-8-19)34-13-17-9-10-18(12-17)30-15-28-21-22(25)26-14-27-23(21)30/h4-10,14-18,20H,11-13H2,1-3H3,(H,29,32)(H2,25,26,27)/t17-,18+,20-,36?/m0/s1. The number of para-hydroxylation sites is 1. The van der Waals surface area contributed by atoms with E-state index in [4.69, 9.17) is 19.5 Å². The van der Waals surface area contributed by atoms with E-state index in [1.807, 2.05) is 36.6 Å². The Bertz CT molecular complexity index is 1260. The van der Waals surface area contributed by atoms with Gasteiger partial charge in [0.05, 0.1) is 26.1 Å². The number of rotatable bonds is 11. The van der Waals surface area contributed by atoms with Gasteiger partial charge in [-0.25, -0.2) is 19.5 Å². The Morgan fingerprint density at radius 1 is 1.22 bits per heavy atom. The second-order valence-corrected chi connectivity index (χ2v) is 10.8. The third-order valence-corrected chi connectivity index (χ3v) is 7.40. The summed E-state index contributed by atoms with van der Waals surface area (Å²) in [5.41, 5.74) is 7.10. The number of anilines is 1. The molecule has 0 spiro atoms. The van der Waals surface area contributed by atoms with Crippen molar-refractivity contribution in [2.45, 2.75) is 38.8 Å². The van der Waals surface area contributed by atoms with Crippen molar-refractivity contribution >= 4 is 30.7 Å². The Hall–Kier alpha value is -3.27. The van der Waals surface area contributed by atoms with Crippen LogP contribution in [0.1, 0.15) is 32.7 Å². The number of esters is 1. The van der Waals surface area contributed by atoms with Gasteiger partial charge in [0.1, 0.15) is 23.6 Å². The molecule has 12 heteroatoms. The van der Waals surface area contributed by atoms with E-state index in [2.05, 4.69) is 20.0 Å². The van der Waals surface area contributed by atoms with Crippen LogP contribution in [-0.2, 0) is 18.6 Å². The van der Waals surface area contributed by atoms with E-state index < -0.39 is 19.8 Å². The molecule has 11 nitrogen and oxygen atoms in total. The lowest BCUT2D eigenvalue weighted by molar-refractivity contribution is -0.143. The summed E-state index contributed by atoms with van der Waals surface area (Å²) in [7, 11) is -2.64. The SMILES string of the molecule is COC(=O)[C@H](CC(C)C)NP(=O)(OC[C@H]1C=C[C@@H](n2cnc3c(N)ncnc32)C1)Oc1ccccc1. The molecule has 0 saturated heterocycles. The number of nitrogens with zero attached hydrogens (tertiary/aromatic N) is 4. The van der Waals surface area contributed by atoms with Crippen molar-refractivity contribution < 1.29 is 23.1 Å². The molecule has 192 valence electrons. The van der Waals surface area contributed by atoms with Crippen molar-refractivity contribution in [3.05, 3.63) is 55.1 Å². The molecular formula is C24H31N6O5P. The fourth-order valence-corrected chi connectivity index (χ4v) is 5.66. The number of nitrogens with two attached hydrogens (primary N) is 1. The first-order valence-corrected chi connectivity index (χ1v) is 13.3. The smallest absolute Gasteiger partial charge is 0.459 e. The molecule has 2 aromatic heterocycles. The normalized spacial score (nSPS) is 19.9. The van der Waals surface area contributed by atoms with Gasteiger partial charge in [-0.05, 0) is 30.9 Å². The number of aromatic nitrogens is 4. The number of carbonyl (C=O) groups excluding carboxylic acids is 1. The Kier molecular flexibility index (Phi) is 8.03. The summed E-state index contributed by atoms with van der Waals surface area (Å²) in [6, 6.07) is 7.84.